The van der Waals surface area contributed by atoms with Crippen molar-refractivity contribution in [1.29, 1.82) is 0 Å². The summed E-state index contributed by atoms with van der Waals surface area (Å²) in [5, 5.41) is 0.281. The highest BCUT2D eigenvalue weighted by Crippen LogP contribution is 2.27. The zero-order valence-electron chi connectivity index (χ0n) is 16.5. The van der Waals surface area contributed by atoms with Crippen LogP contribution in [0.3, 0.4) is 0 Å². The van der Waals surface area contributed by atoms with Gasteiger partial charge in [-0.3, -0.25) is 4.90 Å². The molecule has 6 nitrogen and oxygen atoms in total. The first kappa shape index (κ1) is 21.2. The van der Waals surface area contributed by atoms with Gasteiger partial charge in [-0.2, -0.15) is 0 Å². The Balaban J connectivity index is 1.50. The van der Waals surface area contributed by atoms with E-state index in [-0.39, 0.29) is 9.92 Å². The minimum absolute atomic E-state index is 0.154. The smallest absolute Gasteiger partial charge is 0.240 e. The molecule has 1 saturated heterocycles. The lowest BCUT2D eigenvalue weighted by Gasteiger charge is -2.31. The predicted molar refractivity (Wildman–Crippen MR) is 109 cm³/mol. The van der Waals surface area contributed by atoms with Crippen molar-refractivity contribution < 1.29 is 17.6 Å². The topological polar surface area (TPSA) is 71.8 Å². The summed E-state index contributed by atoms with van der Waals surface area (Å²) >= 11 is 6.05. The minimum atomic E-state index is -3.59. The summed E-state index contributed by atoms with van der Waals surface area (Å²) in [6, 6.07) is 6.58. The number of nitrogens with zero attached hydrogens (tertiary/aromatic N) is 1. The first-order valence-electron chi connectivity index (χ1n) is 9.40. The number of nitrogens with one attached hydrogen (secondary N) is 1. The average molecular weight is 427 g/mol. The maximum absolute atomic E-state index is 12.5. The molecule has 0 bridgehead atoms. The second-order valence-corrected chi connectivity index (χ2v) is 9.48. The Kier molecular flexibility index (Phi) is 6.70. The summed E-state index contributed by atoms with van der Waals surface area (Å²) in [7, 11) is -2.09. The van der Waals surface area contributed by atoms with Gasteiger partial charge in [0.05, 0.1) is 17.0 Å². The molecule has 1 aromatic carbocycles. The van der Waals surface area contributed by atoms with Crippen molar-refractivity contribution >= 4 is 21.6 Å². The number of benzene rings is 1. The van der Waals surface area contributed by atoms with E-state index in [9.17, 15) is 8.42 Å². The molecule has 2 aromatic rings. The van der Waals surface area contributed by atoms with E-state index in [1.54, 1.807) is 6.07 Å². The minimum Gasteiger partial charge on any atom is -0.495 e. The van der Waals surface area contributed by atoms with E-state index in [1.165, 1.54) is 24.8 Å². The number of aryl methyl sites for hydroxylation is 2. The quantitative estimate of drug-likeness (QED) is 0.730. The third-order valence-electron chi connectivity index (χ3n) is 5.24. The average Bonchev–Trinajstić information content (AvgIpc) is 2.98. The molecule has 0 unspecified atom stereocenters. The van der Waals surface area contributed by atoms with Crippen molar-refractivity contribution in [2.24, 2.45) is 5.92 Å². The highest BCUT2D eigenvalue weighted by molar-refractivity contribution is 7.89. The normalized spacial score (nSPS) is 16.4. The Morgan fingerprint density at radius 3 is 2.54 bits per heavy atom. The van der Waals surface area contributed by atoms with Crippen molar-refractivity contribution in [1.82, 2.24) is 9.62 Å². The van der Waals surface area contributed by atoms with Gasteiger partial charge in [0.25, 0.3) is 0 Å². The molecule has 1 N–H and O–H groups in total. The van der Waals surface area contributed by atoms with E-state index in [2.05, 4.69) is 15.7 Å². The van der Waals surface area contributed by atoms with Crippen LogP contribution < -0.4 is 9.46 Å². The maximum atomic E-state index is 12.5. The van der Waals surface area contributed by atoms with E-state index in [1.807, 2.05) is 13.8 Å². The molecular formula is C20H27ClN2O4S. The van der Waals surface area contributed by atoms with Gasteiger partial charge in [-0.15, -0.1) is 0 Å². The predicted octanol–water partition coefficient (Wildman–Crippen LogP) is 3.75. The molecule has 28 heavy (non-hydrogen) atoms. The molecule has 0 spiro atoms. The Morgan fingerprint density at radius 2 is 1.96 bits per heavy atom. The molecule has 1 fully saturated rings. The molecule has 0 amide bonds. The maximum Gasteiger partial charge on any atom is 0.240 e. The number of furan rings is 1. The summed E-state index contributed by atoms with van der Waals surface area (Å²) in [4.78, 5) is 2.55. The van der Waals surface area contributed by atoms with Gasteiger partial charge in [-0.1, -0.05) is 11.6 Å². The molecular weight excluding hydrogens is 400 g/mol. The second kappa shape index (κ2) is 8.86. The lowest BCUT2D eigenvalue weighted by molar-refractivity contribution is 0.178. The van der Waals surface area contributed by atoms with Crippen LogP contribution in [-0.4, -0.2) is 40.1 Å². The van der Waals surface area contributed by atoms with E-state index < -0.39 is 10.0 Å². The highest BCUT2D eigenvalue weighted by Gasteiger charge is 2.23. The third-order valence-corrected chi connectivity index (χ3v) is 6.96. The summed E-state index contributed by atoms with van der Waals surface area (Å²) in [5.74, 6) is 2.70. The number of rotatable bonds is 7. The SMILES string of the molecule is COc1ccc(S(=O)(=O)NCC2CCN(Cc3cc(C)oc3C)CC2)cc1Cl. The summed E-state index contributed by atoms with van der Waals surface area (Å²) in [6.45, 7) is 7.17. The number of hydrogen-bond donors (Lipinski definition) is 1. The number of halogens is 1. The van der Waals surface area contributed by atoms with Gasteiger partial charge in [0.1, 0.15) is 17.3 Å². The van der Waals surface area contributed by atoms with Crippen LogP contribution in [0.5, 0.6) is 5.75 Å². The second-order valence-electron chi connectivity index (χ2n) is 7.31. The molecule has 3 rings (SSSR count). The lowest BCUT2D eigenvalue weighted by atomic mass is 9.97. The van der Waals surface area contributed by atoms with E-state index in [0.29, 0.717) is 18.2 Å². The van der Waals surface area contributed by atoms with Crippen molar-refractivity contribution in [2.75, 3.05) is 26.7 Å². The Bertz CT molecular complexity index is 918. The van der Waals surface area contributed by atoms with Gasteiger partial charge in [-0.05, 0) is 70.0 Å². The molecule has 0 saturated carbocycles. The fraction of sp³-hybridized carbons (Fsp3) is 0.500. The van der Waals surface area contributed by atoms with Crippen molar-refractivity contribution in [3.8, 4) is 5.75 Å². The Labute approximate surface area is 171 Å². The molecule has 154 valence electrons. The van der Waals surface area contributed by atoms with Crippen LogP contribution in [0.15, 0.2) is 33.6 Å². The molecule has 8 heteroatoms. The van der Waals surface area contributed by atoms with Crippen LogP contribution in [0.4, 0.5) is 0 Å². The summed E-state index contributed by atoms with van der Waals surface area (Å²) in [6.07, 6.45) is 1.92. The van der Waals surface area contributed by atoms with Crippen LogP contribution in [-0.2, 0) is 16.6 Å². The van der Waals surface area contributed by atoms with Crippen LogP contribution in [0.2, 0.25) is 5.02 Å². The van der Waals surface area contributed by atoms with Crippen molar-refractivity contribution in [3.05, 3.63) is 46.4 Å². The largest absolute Gasteiger partial charge is 0.495 e. The number of likely N-dealkylation sites (tertiary alicyclic amines) is 1. The van der Waals surface area contributed by atoms with Gasteiger partial charge in [0.15, 0.2) is 0 Å². The van der Waals surface area contributed by atoms with Crippen molar-refractivity contribution in [3.63, 3.8) is 0 Å². The van der Waals surface area contributed by atoms with Crippen LogP contribution >= 0.6 is 11.6 Å². The van der Waals surface area contributed by atoms with Crippen LogP contribution in [0, 0.1) is 19.8 Å². The van der Waals surface area contributed by atoms with Gasteiger partial charge in [-0.25, -0.2) is 13.1 Å². The Morgan fingerprint density at radius 1 is 1.25 bits per heavy atom. The Hall–Kier alpha value is -1.54. The number of piperidine rings is 1. The highest BCUT2D eigenvalue weighted by atomic mass is 35.5. The number of ether oxygens (including phenoxy) is 1. The standard InChI is InChI=1S/C20H27ClN2O4S/c1-14-10-17(15(2)27-14)13-23-8-6-16(7-9-23)12-22-28(24,25)18-4-5-20(26-3)19(21)11-18/h4-5,10-11,16,22H,6-9,12-13H2,1-3H3. The monoisotopic (exact) mass is 426 g/mol. The number of sulfonamides is 1. The summed E-state index contributed by atoms with van der Waals surface area (Å²) < 4.78 is 38.5. The zero-order valence-corrected chi connectivity index (χ0v) is 18.1. The van der Waals surface area contributed by atoms with E-state index >= 15 is 0 Å². The molecule has 0 atom stereocenters. The number of methoxy groups -OCH3 is 1. The zero-order chi connectivity index (χ0) is 20.3. The van der Waals surface area contributed by atoms with Crippen molar-refractivity contribution in [2.45, 2.75) is 38.1 Å². The van der Waals surface area contributed by atoms with Gasteiger partial charge < -0.3 is 9.15 Å². The van der Waals surface area contributed by atoms with Gasteiger partial charge in [0, 0.05) is 18.7 Å². The molecule has 1 aliphatic heterocycles. The molecule has 2 heterocycles. The fourth-order valence-corrected chi connectivity index (χ4v) is 5.02. The fourth-order valence-electron chi connectivity index (χ4n) is 3.56. The first-order chi connectivity index (χ1) is 13.3. The molecule has 1 aliphatic rings. The van der Waals surface area contributed by atoms with Gasteiger partial charge in [0.2, 0.25) is 10.0 Å². The number of hydrogen-bond acceptors (Lipinski definition) is 5. The summed E-state index contributed by atoms with van der Waals surface area (Å²) in [5.41, 5.74) is 1.23. The van der Waals surface area contributed by atoms with Gasteiger partial charge >= 0.3 is 0 Å². The van der Waals surface area contributed by atoms with Crippen LogP contribution in [0.25, 0.3) is 0 Å². The third kappa shape index (κ3) is 5.08. The molecule has 0 aliphatic carbocycles. The van der Waals surface area contributed by atoms with Crippen LogP contribution in [0.1, 0.15) is 29.9 Å². The molecule has 1 aromatic heterocycles. The lowest BCUT2D eigenvalue weighted by Crippen LogP contribution is -2.38. The van der Waals surface area contributed by atoms with E-state index in [0.717, 1.165) is 44.0 Å². The van der Waals surface area contributed by atoms with E-state index in [4.69, 9.17) is 20.8 Å². The first-order valence-corrected chi connectivity index (χ1v) is 11.3. The molecule has 0 radical (unpaired) electrons.